The summed E-state index contributed by atoms with van der Waals surface area (Å²) in [6.45, 7) is 9.68. The molecule has 3 N–H and O–H groups in total. The number of rotatable bonds is 9. The maximum absolute atomic E-state index is 11.6. The SMILES string of the molecule is CCNC(C)(CCCn1nc(CC)cc1CC)C(N)=O. The molecule has 0 aliphatic carbocycles. The zero-order valence-corrected chi connectivity index (χ0v) is 13.2. The molecule has 0 fully saturated rings. The Labute approximate surface area is 121 Å². The molecule has 20 heavy (non-hydrogen) atoms. The van der Waals surface area contributed by atoms with E-state index in [-0.39, 0.29) is 5.91 Å². The van der Waals surface area contributed by atoms with Crippen LogP contribution in [0.25, 0.3) is 0 Å². The van der Waals surface area contributed by atoms with E-state index in [0.717, 1.165) is 44.5 Å². The second kappa shape index (κ2) is 7.43. The van der Waals surface area contributed by atoms with Crippen molar-refractivity contribution in [2.75, 3.05) is 6.54 Å². The number of amides is 1. The maximum Gasteiger partial charge on any atom is 0.237 e. The van der Waals surface area contributed by atoms with E-state index >= 15 is 0 Å². The summed E-state index contributed by atoms with van der Waals surface area (Å²) < 4.78 is 2.06. The molecule has 1 heterocycles. The molecule has 0 spiro atoms. The van der Waals surface area contributed by atoms with E-state index in [0.29, 0.717) is 0 Å². The predicted octanol–water partition coefficient (Wildman–Crippen LogP) is 1.64. The summed E-state index contributed by atoms with van der Waals surface area (Å²) in [5.41, 5.74) is 7.26. The molecule has 0 aliphatic rings. The zero-order valence-electron chi connectivity index (χ0n) is 13.2. The predicted molar refractivity (Wildman–Crippen MR) is 81.5 cm³/mol. The Kier molecular flexibility index (Phi) is 6.20. The second-order valence-electron chi connectivity index (χ2n) is 5.39. The Bertz CT molecular complexity index is 441. The number of carbonyl (C=O) groups is 1. The van der Waals surface area contributed by atoms with E-state index in [2.05, 4.69) is 35.0 Å². The summed E-state index contributed by atoms with van der Waals surface area (Å²) >= 11 is 0. The molecule has 0 saturated heterocycles. The summed E-state index contributed by atoms with van der Waals surface area (Å²) in [7, 11) is 0. The highest BCUT2D eigenvalue weighted by Gasteiger charge is 2.29. The highest BCUT2D eigenvalue weighted by Crippen LogP contribution is 2.14. The van der Waals surface area contributed by atoms with Crippen molar-refractivity contribution in [2.45, 2.75) is 65.5 Å². The van der Waals surface area contributed by atoms with Crippen molar-refractivity contribution in [2.24, 2.45) is 5.73 Å². The van der Waals surface area contributed by atoms with Gasteiger partial charge in [-0.25, -0.2) is 0 Å². The monoisotopic (exact) mass is 280 g/mol. The smallest absolute Gasteiger partial charge is 0.237 e. The minimum absolute atomic E-state index is 0.287. The highest BCUT2D eigenvalue weighted by molar-refractivity contribution is 5.84. The van der Waals surface area contributed by atoms with Gasteiger partial charge in [-0.05, 0) is 45.2 Å². The third-order valence-corrected chi connectivity index (χ3v) is 3.80. The first kappa shape index (κ1) is 16.7. The van der Waals surface area contributed by atoms with Crippen molar-refractivity contribution in [3.63, 3.8) is 0 Å². The van der Waals surface area contributed by atoms with Gasteiger partial charge in [-0.2, -0.15) is 5.10 Å². The number of carbonyl (C=O) groups excluding carboxylic acids is 1. The number of hydrogen-bond acceptors (Lipinski definition) is 3. The fraction of sp³-hybridized carbons (Fsp3) is 0.733. The summed E-state index contributed by atoms with van der Waals surface area (Å²) in [6, 6.07) is 2.16. The van der Waals surface area contributed by atoms with Gasteiger partial charge in [0.25, 0.3) is 0 Å². The second-order valence-corrected chi connectivity index (χ2v) is 5.39. The summed E-state index contributed by atoms with van der Waals surface area (Å²) in [5.74, 6) is -0.287. The van der Waals surface area contributed by atoms with Gasteiger partial charge in [0.05, 0.1) is 11.2 Å². The fourth-order valence-corrected chi connectivity index (χ4v) is 2.44. The Hall–Kier alpha value is -1.36. The first-order chi connectivity index (χ1) is 9.46. The number of hydrogen-bond donors (Lipinski definition) is 2. The molecule has 1 aromatic heterocycles. The van der Waals surface area contributed by atoms with Gasteiger partial charge in [0.2, 0.25) is 5.91 Å². The number of nitrogens with zero attached hydrogens (tertiary/aromatic N) is 2. The minimum atomic E-state index is -0.623. The number of likely N-dealkylation sites (N-methyl/N-ethyl adjacent to an activating group) is 1. The lowest BCUT2D eigenvalue weighted by Gasteiger charge is -2.27. The third kappa shape index (κ3) is 4.07. The minimum Gasteiger partial charge on any atom is -0.368 e. The molecule has 0 saturated carbocycles. The zero-order chi connectivity index (χ0) is 15.2. The lowest BCUT2D eigenvalue weighted by atomic mass is 9.95. The average Bonchev–Trinajstić information content (AvgIpc) is 2.81. The van der Waals surface area contributed by atoms with Gasteiger partial charge in [-0.1, -0.05) is 20.8 Å². The third-order valence-electron chi connectivity index (χ3n) is 3.80. The van der Waals surface area contributed by atoms with Crippen LogP contribution in [-0.4, -0.2) is 27.8 Å². The standard InChI is InChI=1S/C15H28N4O/c1-5-12-11-13(6-2)19(18-12)10-8-9-15(4,14(16)20)17-7-3/h11,17H,5-10H2,1-4H3,(H2,16,20). The Balaban J connectivity index is 2.63. The van der Waals surface area contributed by atoms with E-state index in [4.69, 9.17) is 5.73 Å². The van der Waals surface area contributed by atoms with Crippen LogP contribution in [0.2, 0.25) is 0 Å². The topological polar surface area (TPSA) is 72.9 Å². The molecule has 1 unspecified atom stereocenters. The normalized spacial score (nSPS) is 14.2. The summed E-state index contributed by atoms with van der Waals surface area (Å²) in [4.78, 5) is 11.6. The van der Waals surface area contributed by atoms with E-state index in [9.17, 15) is 4.79 Å². The number of primary amides is 1. The van der Waals surface area contributed by atoms with Gasteiger partial charge >= 0.3 is 0 Å². The molecule has 5 nitrogen and oxygen atoms in total. The van der Waals surface area contributed by atoms with Crippen LogP contribution in [0.15, 0.2) is 6.07 Å². The first-order valence-electron chi connectivity index (χ1n) is 7.57. The van der Waals surface area contributed by atoms with Crippen LogP contribution in [0, 0.1) is 0 Å². The van der Waals surface area contributed by atoms with Gasteiger partial charge < -0.3 is 11.1 Å². The molecule has 1 rings (SSSR count). The van der Waals surface area contributed by atoms with Crippen molar-refractivity contribution in [3.8, 4) is 0 Å². The van der Waals surface area contributed by atoms with E-state index in [1.54, 1.807) is 0 Å². The van der Waals surface area contributed by atoms with Crippen molar-refractivity contribution < 1.29 is 4.79 Å². The lowest BCUT2D eigenvalue weighted by Crippen LogP contribution is -2.53. The molecule has 0 radical (unpaired) electrons. The molecule has 1 aromatic rings. The molecular weight excluding hydrogens is 252 g/mol. The van der Waals surface area contributed by atoms with Gasteiger partial charge in [0.1, 0.15) is 0 Å². The number of nitrogens with one attached hydrogen (secondary N) is 1. The molecule has 114 valence electrons. The Morgan fingerprint density at radius 3 is 2.60 bits per heavy atom. The highest BCUT2D eigenvalue weighted by atomic mass is 16.1. The first-order valence-corrected chi connectivity index (χ1v) is 7.57. The molecular formula is C15H28N4O. The van der Waals surface area contributed by atoms with Gasteiger partial charge in [-0.3, -0.25) is 9.48 Å². The van der Waals surface area contributed by atoms with Crippen LogP contribution in [0.1, 0.15) is 51.9 Å². The van der Waals surface area contributed by atoms with Crippen LogP contribution >= 0.6 is 0 Å². The summed E-state index contributed by atoms with van der Waals surface area (Å²) in [6.07, 6.45) is 3.54. The van der Waals surface area contributed by atoms with Crippen molar-refractivity contribution in [1.29, 1.82) is 0 Å². The fourth-order valence-electron chi connectivity index (χ4n) is 2.44. The number of aromatic nitrogens is 2. The van der Waals surface area contributed by atoms with Crippen LogP contribution in [0.3, 0.4) is 0 Å². The Morgan fingerprint density at radius 2 is 2.10 bits per heavy atom. The average molecular weight is 280 g/mol. The molecule has 0 bridgehead atoms. The quantitative estimate of drug-likeness (QED) is 0.722. The van der Waals surface area contributed by atoms with Gasteiger partial charge in [0.15, 0.2) is 0 Å². The molecule has 1 amide bonds. The van der Waals surface area contributed by atoms with Crippen molar-refractivity contribution in [3.05, 3.63) is 17.5 Å². The summed E-state index contributed by atoms with van der Waals surface area (Å²) in [5, 5.41) is 7.78. The van der Waals surface area contributed by atoms with E-state index in [1.807, 2.05) is 13.8 Å². The maximum atomic E-state index is 11.6. The van der Waals surface area contributed by atoms with Crippen LogP contribution in [0.5, 0.6) is 0 Å². The van der Waals surface area contributed by atoms with Crippen molar-refractivity contribution in [1.82, 2.24) is 15.1 Å². The van der Waals surface area contributed by atoms with Crippen LogP contribution in [-0.2, 0) is 24.2 Å². The Morgan fingerprint density at radius 1 is 1.40 bits per heavy atom. The van der Waals surface area contributed by atoms with E-state index < -0.39 is 5.54 Å². The molecule has 0 aliphatic heterocycles. The van der Waals surface area contributed by atoms with Gasteiger partial charge in [0, 0.05) is 12.2 Å². The van der Waals surface area contributed by atoms with Crippen LogP contribution < -0.4 is 11.1 Å². The van der Waals surface area contributed by atoms with Crippen molar-refractivity contribution >= 4 is 5.91 Å². The largest absolute Gasteiger partial charge is 0.368 e. The van der Waals surface area contributed by atoms with E-state index in [1.165, 1.54) is 5.69 Å². The van der Waals surface area contributed by atoms with Crippen LogP contribution in [0.4, 0.5) is 0 Å². The lowest BCUT2D eigenvalue weighted by molar-refractivity contribution is -0.124. The number of aryl methyl sites for hydroxylation is 3. The molecule has 0 aromatic carbocycles. The molecule has 5 heteroatoms. The number of nitrogens with two attached hydrogens (primary N) is 1. The van der Waals surface area contributed by atoms with Gasteiger partial charge in [-0.15, -0.1) is 0 Å². The molecule has 1 atom stereocenters.